The standard InChI is InChI=1S/C11H25N.C8H8O5S/c1-4-5-6-7-8-9-10-11-12(2)3;1-6(9)13-7-4-2-3-5-8(7)14(10,11)12/h4-11H2,1-3H3;2-5H,1H3,(H,10,11,12). The molecule has 0 spiro atoms. The number of benzene rings is 1. The van der Waals surface area contributed by atoms with Crippen molar-refractivity contribution in [1.82, 2.24) is 0 Å². The van der Waals surface area contributed by atoms with Crippen molar-refractivity contribution in [1.29, 1.82) is 0 Å². The first-order chi connectivity index (χ1) is 12.2. The van der Waals surface area contributed by atoms with Crippen LogP contribution in [0.3, 0.4) is 0 Å². The maximum Gasteiger partial charge on any atom is 0.308 e. The summed E-state index contributed by atoms with van der Waals surface area (Å²) in [7, 11) is -0.140. The van der Waals surface area contributed by atoms with E-state index in [9.17, 15) is 17.8 Å². The molecule has 0 amide bonds. The number of rotatable bonds is 10. The molecule has 150 valence electrons. The van der Waals surface area contributed by atoms with Crippen LogP contribution in [0, 0.1) is 0 Å². The summed E-state index contributed by atoms with van der Waals surface area (Å²) < 4.78 is 36.6. The van der Waals surface area contributed by atoms with E-state index in [1.807, 2.05) is 0 Å². The largest absolute Gasteiger partial charge is 0.744 e. The zero-order valence-corrected chi connectivity index (χ0v) is 17.2. The molecule has 1 aromatic carbocycles. The molecule has 0 radical (unpaired) electrons. The first kappa shape index (κ1) is 24.6. The lowest BCUT2D eigenvalue weighted by Gasteiger charge is -2.11. The third-order valence-electron chi connectivity index (χ3n) is 3.65. The Balaban J connectivity index is 0.000000488. The smallest absolute Gasteiger partial charge is 0.308 e. The van der Waals surface area contributed by atoms with Crippen molar-refractivity contribution >= 4 is 16.1 Å². The molecule has 0 bridgehead atoms. The van der Waals surface area contributed by atoms with Gasteiger partial charge < -0.3 is 14.2 Å². The van der Waals surface area contributed by atoms with E-state index in [1.165, 1.54) is 69.7 Å². The summed E-state index contributed by atoms with van der Waals surface area (Å²) in [6.45, 7) is 4.73. The van der Waals surface area contributed by atoms with E-state index in [-0.39, 0.29) is 5.75 Å². The van der Waals surface area contributed by atoms with Gasteiger partial charge in [-0.15, -0.1) is 0 Å². The zero-order valence-electron chi connectivity index (χ0n) is 16.4. The fraction of sp³-hybridized carbons (Fsp3) is 0.632. The highest BCUT2D eigenvalue weighted by molar-refractivity contribution is 7.85. The normalized spacial score (nSPS) is 11.0. The molecule has 6 nitrogen and oxygen atoms in total. The Kier molecular flexibility index (Phi) is 13.0. The van der Waals surface area contributed by atoms with Crippen molar-refractivity contribution in [2.75, 3.05) is 20.6 Å². The number of quaternary nitrogens is 1. The van der Waals surface area contributed by atoms with Gasteiger partial charge in [0.2, 0.25) is 0 Å². The minimum absolute atomic E-state index is 0.241. The van der Waals surface area contributed by atoms with Crippen LogP contribution < -0.4 is 9.64 Å². The molecule has 1 aromatic rings. The van der Waals surface area contributed by atoms with Crippen LogP contribution in [-0.2, 0) is 14.9 Å². The van der Waals surface area contributed by atoms with Gasteiger partial charge in [-0.1, -0.05) is 51.2 Å². The average molecular weight is 388 g/mol. The maximum atomic E-state index is 10.7. The van der Waals surface area contributed by atoms with Gasteiger partial charge in [0, 0.05) is 6.92 Å². The molecule has 1 N–H and O–H groups in total. The topological polar surface area (TPSA) is 87.9 Å². The molecule has 0 aliphatic rings. The average Bonchev–Trinajstić information content (AvgIpc) is 2.53. The Labute approximate surface area is 158 Å². The number of esters is 1. The Morgan fingerprint density at radius 1 is 1.04 bits per heavy atom. The van der Waals surface area contributed by atoms with Crippen LogP contribution in [-0.4, -0.2) is 39.6 Å². The van der Waals surface area contributed by atoms with Crippen LogP contribution in [0.4, 0.5) is 0 Å². The fourth-order valence-corrected chi connectivity index (χ4v) is 2.93. The van der Waals surface area contributed by atoms with Gasteiger partial charge in [0.15, 0.2) is 0 Å². The van der Waals surface area contributed by atoms with Crippen LogP contribution >= 0.6 is 0 Å². The third-order valence-corrected chi connectivity index (χ3v) is 4.53. The van der Waals surface area contributed by atoms with Gasteiger partial charge >= 0.3 is 5.97 Å². The van der Waals surface area contributed by atoms with Crippen LogP contribution in [0.2, 0.25) is 0 Å². The highest BCUT2D eigenvalue weighted by atomic mass is 32.2. The molecule has 0 aliphatic carbocycles. The van der Waals surface area contributed by atoms with Crippen molar-refractivity contribution in [2.45, 2.75) is 63.7 Å². The van der Waals surface area contributed by atoms with E-state index < -0.39 is 21.0 Å². The quantitative estimate of drug-likeness (QED) is 0.288. The van der Waals surface area contributed by atoms with Gasteiger partial charge in [-0.25, -0.2) is 8.42 Å². The minimum Gasteiger partial charge on any atom is -0.744 e. The highest BCUT2D eigenvalue weighted by Crippen LogP contribution is 2.22. The molecular weight excluding hydrogens is 354 g/mol. The number of nitrogens with one attached hydrogen (secondary N) is 1. The van der Waals surface area contributed by atoms with Gasteiger partial charge in [-0.2, -0.15) is 0 Å². The minimum atomic E-state index is -4.61. The summed E-state index contributed by atoms with van der Waals surface area (Å²) in [5, 5.41) is 0. The second kappa shape index (κ2) is 13.7. The number of ether oxygens (including phenoxy) is 1. The molecular formula is C19H33NO5S. The summed E-state index contributed by atoms with van der Waals surface area (Å²) in [5.74, 6) is -0.920. The molecule has 1 rings (SSSR count). The van der Waals surface area contributed by atoms with Crippen LogP contribution in [0.1, 0.15) is 58.8 Å². The van der Waals surface area contributed by atoms with E-state index in [2.05, 4.69) is 25.8 Å². The van der Waals surface area contributed by atoms with Gasteiger partial charge in [0.25, 0.3) is 0 Å². The number of carbonyl (C=O) groups excluding carboxylic acids is 1. The number of hydrogen-bond donors (Lipinski definition) is 1. The van der Waals surface area contributed by atoms with E-state index in [0.29, 0.717) is 0 Å². The molecule has 0 atom stereocenters. The fourth-order valence-electron chi connectivity index (χ4n) is 2.33. The molecule has 0 heterocycles. The molecule has 26 heavy (non-hydrogen) atoms. The van der Waals surface area contributed by atoms with Crippen molar-refractivity contribution in [3.63, 3.8) is 0 Å². The zero-order chi connectivity index (χ0) is 20.0. The van der Waals surface area contributed by atoms with Crippen LogP contribution in [0.15, 0.2) is 29.2 Å². The van der Waals surface area contributed by atoms with Crippen LogP contribution in [0.5, 0.6) is 5.75 Å². The molecule has 0 saturated carbocycles. The monoisotopic (exact) mass is 387 g/mol. The Morgan fingerprint density at radius 2 is 1.58 bits per heavy atom. The second-order valence-corrected chi connectivity index (χ2v) is 7.92. The van der Waals surface area contributed by atoms with Crippen molar-refractivity contribution in [2.24, 2.45) is 0 Å². The predicted molar refractivity (Wildman–Crippen MR) is 101 cm³/mol. The number of carbonyl (C=O) groups is 1. The molecule has 0 saturated heterocycles. The number of hydrogen-bond acceptors (Lipinski definition) is 5. The first-order valence-electron chi connectivity index (χ1n) is 9.20. The lowest BCUT2D eigenvalue weighted by molar-refractivity contribution is -0.858. The second-order valence-electron chi connectivity index (χ2n) is 6.57. The Hall–Kier alpha value is -1.44. The van der Waals surface area contributed by atoms with E-state index in [1.54, 1.807) is 4.90 Å². The van der Waals surface area contributed by atoms with E-state index in [4.69, 9.17) is 0 Å². The summed E-state index contributed by atoms with van der Waals surface area (Å²) in [4.78, 5) is 11.6. The van der Waals surface area contributed by atoms with Gasteiger partial charge in [-0.3, -0.25) is 4.79 Å². The molecule has 0 unspecified atom stereocenters. The predicted octanol–water partition coefficient (Wildman–Crippen LogP) is 2.40. The van der Waals surface area contributed by atoms with Crippen molar-refractivity contribution in [3.05, 3.63) is 24.3 Å². The lowest BCUT2D eigenvalue weighted by Crippen LogP contribution is -3.05. The Bertz CT molecular complexity index is 614. The summed E-state index contributed by atoms with van der Waals surface area (Å²) in [5.41, 5.74) is 0. The van der Waals surface area contributed by atoms with E-state index in [0.717, 1.165) is 13.0 Å². The SMILES string of the molecule is CC(=O)Oc1ccccc1S(=O)(=O)[O-].CCCCCCCCC[NH+](C)C. The highest BCUT2D eigenvalue weighted by Gasteiger charge is 2.10. The molecule has 0 aliphatic heterocycles. The molecule has 7 heteroatoms. The van der Waals surface area contributed by atoms with Gasteiger partial charge in [-0.05, 0) is 25.0 Å². The molecule has 0 fully saturated rings. The number of para-hydroxylation sites is 1. The lowest BCUT2D eigenvalue weighted by atomic mass is 10.1. The van der Waals surface area contributed by atoms with Gasteiger partial charge in [0.05, 0.1) is 25.5 Å². The Morgan fingerprint density at radius 3 is 2.08 bits per heavy atom. The van der Waals surface area contributed by atoms with E-state index >= 15 is 0 Å². The summed E-state index contributed by atoms with van der Waals surface area (Å²) in [6, 6.07) is 5.16. The number of unbranched alkanes of at least 4 members (excludes halogenated alkanes) is 6. The summed E-state index contributed by atoms with van der Waals surface area (Å²) >= 11 is 0. The third kappa shape index (κ3) is 12.9. The first-order valence-corrected chi connectivity index (χ1v) is 10.6. The summed E-state index contributed by atoms with van der Waals surface area (Å²) in [6.07, 6.45) is 10.00. The van der Waals surface area contributed by atoms with Crippen LogP contribution in [0.25, 0.3) is 0 Å². The van der Waals surface area contributed by atoms with Crippen molar-refractivity contribution in [3.8, 4) is 5.75 Å². The maximum absolute atomic E-state index is 10.7. The molecule has 0 aromatic heterocycles. The van der Waals surface area contributed by atoms with Crippen molar-refractivity contribution < 1.29 is 27.4 Å². The van der Waals surface area contributed by atoms with Gasteiger partial charge in [0.1, 0.15) is 15.9 Å².